The third kappa shape index (κ3) is 4.22. The SMILES string of the molecule is CC(C)NS(=O)(=O)c1ccc(NC(=O)C2=COCCO2)cc1. The molecule has 0 atom stereocenters. The van der Waals surface area contributed by atoms with Gasteiger partial charge in [-0.15, -0.1) is 0 Å². The maximum atomic E-state index is 12.0. The highest BCUT2D eigenvalue weighted by molar-refractivity contribution is 7.89. The second-order valence-electron chi connectivity index (χ2n) is 4.96. The van der Waals surface area contributed by atoms with E-state index in [1.165, 1.54) is 30.5 Å². The monoisotopic (exact) mass is 326 g/mol. The molecule has 0 saturated heterocycles. The van der Waals surface area contributed by atoms with Gasteiger partial charge in [-0.25, -0.2) is 13.1 Å². The van der Waals surface area contributed by atoms with Gasteiger partial charge in [0.15, 0.2) is 0 Å². The summed E-state index contributed by atoms with van der Waals surface area (Å²) in [7, 11) is -3.54. The first-order valence-corrected chi connectivity index (χ1v) is 8.25. The molecule has 0 saturated carbocycles. The zero-order chi connectivity index (χ0) is 16.2. The van der Waals surface area contributed by atoms with Crippen molar-refractivity contribution in [3.63, 3.8) is 0 Å². The highest BCUT2D eigenvalue weighted by Crippen LogP contribution is 2.16. The van der Waals surface area contributed by atoms with E-state index in [-0.39, 0.29) is 16.7 Å². The number of carbonyl (C=O) groups excluding carboxylic acids is 1. The van der Waals surface area contributed by atoms with Crippen molar-refractivity contribution in [2.75, 3.05) is 18.5 Å². The maximum Gasteiger partial charge on any atom is 0.294 e. The molecule has 1 aromatic rings. The van der Waals surface area contributed by atoms with Gasteiger partial charge in [-0.1, -0.05) is 0 Å². The second-order valence-corrected chi connectivity index (χ2v) is 6.67. The first kappa shape index (κ1) is 16.3. The molecule has 0 fully saturated rings. The van der Waals surface area contributed by atoms with E-state index in [4.69, 9.17) is 9.47 Å². The van der Waals surface area contributed by atoms with Crippen LogP contribution in [0.4, 0.5) is 5.69 Å². The number of hydrogen-bond donors (Lipinski definition) is 2. The molecule has 2 rings (SSSR count). The van der Waals surface area contributed by atoms with Gasteiger partial charge in [0.1, 0.15) is 19.5 Å². The number of ether oxygens (including phenoxy) is 2. The van der Waals surface area contributed by atoms with E-state index >= 15 is 0 Å². The van der Waals surface area contributed by atoms with Gasteiger partial charge in [0.2, 0.25) is 15.8 Å². The van der Waals surface area contributed by atoms with Gasteiger partial charge in [-0.3, -0.25) is 4.79 Å². The molecular weight excluding hydrogens is 308 g/mol. The van der Waals surface area contributed by atoms with Crippen molar-refractivity contribution in [3.8, 4) is 0 Å². The number of sulfonamides is 1. The lowest BCUT2D eigenvalue weighted by Crippen LogP contribution is -2.30. The van der Waals surface area contributed by atoms with Crippen molar-refractivity contribution in [2.24, 2.45) is 0 Å². The van der Waals surface area contributed by atoms with Crippen molar-refractivity contribution in [1.29, 1.82) is 0 Å². The van der Waals surface area contributed by atoms with Gasteiger partial charge in [0.05, 0.1) is 4.90 Å². The quantitative estimate of drug-likeness (QED) is 0.848. The predicted molar refractivity (Wildman–Crippen MR) is 80.5 cm³/mol. The maximum absolute atomic E-state index is 12.0. The van der Waals surface area contributed by atoms with Gasteiger partial charge in [-0.05, 0) is 38.1 Å². The predicted octanol–water partition coefficient (Wildman–Crippen LogP) is 1.20. The molecule has 0 spiro atoms. The van der Waals surface area contributed by atoms with Crippen LogP contribution in [-0.2, 0) is 24.3 Å². The van der Waals surface area contributed by atoms with Crippen LogP contribution < -0.4 is 10.0 Å². The molecule has 8 heteroatoms. The summed E-state index contributed by atoms with van der Waals surface area (Å²) in [6, 6.07) is 5.67. The van der Waals surface area contributed by atoms with Crippen LogP contribution in [0.1, 0.15) is 13.8 Å². The van der Waals surface area contributed by atoms with Crippen molar-refractivity contribution in [2.45, 2.75) is 24.8 Å². The Balaban J connectivity index is 2.06. The lowest BCUT2D eigenvalue weighted by atomic mass is 10.3. The Morgan fingerprint density at radius 2 is 1.86 bits per heavy atom. The smallest absolute Gasteiger partial charge is 0.294 e. The Labute approximate surface area is 129 Å². The van der Waals surface area contributed by atoms with E-state index in [0.717, 1.165) is 0 Å². The fraction of sp³-hybridized carbons (Fsp3) is 0.357. The van der Waals surface area contributed by atoms with Gasteiger partial charge < -0.3 is 14.8 Å². The number of carbonyl (C=O) groups is 1. The van der Waals surface area contributed by atoms with Crippen LogP contribution in [-0.4, -0.2) is 33.6 Å². The van der Waals surface area contributed by atoms with Crippen LogP contribution in [0.3, 0.4) is 0 Å². The van der Waals surface area contributed by atoms with E-state index in [1.54, 1.807) is 13.8 Å². The van der Waals surface area contributed by atoms with E-state index in [9.17, 15) is 13.2 Å². The number of anilines is 1. The molecule has 1 aliphatic rings. The summed E-state index contributed by atoms with van der Waals surface area (Å²) in [5, 5.41) is 2.60. The fourth-order valence-electron chi connectivity index (χ4n) is 1.78. The lowest BCUT2D eigenvalue weighted by molar-refractivity contribution is -0.117. The zero-order valence-corrected chi connectivity index (χ0v) is 13.1. The van der Waals surface area contributed by atoms with Crippen molar-refractivity contribution >= 4 is 21.6 Å². The minimum atomic E-state index is -3.54. The van der Waals surface area contributed by atoms with Gasteiger partial charge in [-0.2, -0.15) is 0 Å². The Morgan fingerprint density at radius 3 is 2.41 bits per heavy atom. The number of benzene rings is 1. The molecular formula is C14H18N2O5S. The van der Waals surface area contributed by atoms with Crippen LogP contribution in [0.5, 0.6) is 0 Å². The number of nitrogens with one attached hydrogen (secondary N) is 2. The molecule has 22 heavy (non-hydrogen) atoms. The highest BCUT2D eigenvalue weighted by atomic mass is 32.2. The third-order valence-corrected chi connectivity index (χ3v) is 4.36. The summed E-state index contributed by atoms with van der Waals surface area (Å²) in [4.78, 5) is 12.0. The first-order valence-electron chi connectivity index (χ1n) is 6.77. The molecule has 1 heterocycles. The van der Waals surface area contributed by atoms with E-state index < -0.39 is 15.9 Å². The van der Waals surface area contributed by atoms with E-state index in [2.05, 4.69) is 10.0 Å². The summed E-state index contributed by atoms with van der Waals surface area (Å²) < 4.78 is 36.6. The largest absolute Gasteiger partial charge is 0.494 e. The summed E-state index contributed by atoms with van der Waals surface area (Å²) >= 11 is 0. The second kappa shape index (κ2) is 6.80. The zero-order valence-electron chi connectivity index (χ0n) is 12.3. The summed E-state index contributed by atoms with van der Waals surface area (Å²) in [5.74, 6) is -0.361. The highest BCUT2D eigenvalue weighted by Gasteiger charge is 2.17. The van der Waals surface area contributed by atoms with Crippen LogP contribution in [0.25, 0.3) is 0 Å². The Kier molecular flexibility index (Phi) is 5.04. The van der Waals surface area contributed by atoms with Crippen LogP contribution in [0, 0.1) is 0 Å². The Hall–Kier alpha value is -2.06. The summed E-state index contributed by atoms with van der Waals surface area (Å²) in [6.45, 7) is 4.21. The molecule has 7 nitrogen and oxygen atoms in total. The topological polar surface area (TPSA) is 93.7 Å². The normalized spacial score (nSPS) is 14.8. The first-order chi connectivity index (χ1) is 10.4. The summed E-state index contributed by atoms with van der Waals surface area (Å²) in [5.41, 5.74) is 0.462. The number of hydrogen-bond acceptors (Lipinski definition) is 5. The van der Waals surface area contributed by atoms with Gasteiger partial charge in [0.25, 0.3) is 5.91 Å². The third-order valence-electron chi connectivity index (χ3n) is 2.69. The molecule has 0 radical (unpaired) electrons. The fourth-order valence-corrected chi connectivity index (χ4v) is 3.03. The summed E-state index contributed by atoms with van der Waals surface area (Å²) in [6.07, 6.45) is 1.25. The minimum absolute atomic E-state index is 0.0874. The number of amides is 1. The van der Waals surface area contributed by atoms with E-state index in [1.807, 2.05) is 0 Å². The molecule has 2 N–H and O–H groups in total. The Bertz CT molecular complexity index is 665. The average Bonchev–Trinajstić information content (AvgIpc) is 2.47. The molecule has 1 aromatic carbocycles. The van der Waals surface area contributed by atoms with E-state index in [0.29, 0.717) is 18.9 Å². The van der Waals surface area contributed by atoms with Crippen molar-refractivity contribution < 1.29 is 22.7 Å². The molecule has 1 amide bonds. The molecule has 0 bridgehead atoms. The minimum Gasteiger partial charge on any atom is -0.494 e. The lowest BCUT2D eigenvalue weighted by Gasteiger charge is -2.15. The molecule has 120 valence electrons. The van der Waals surface area contributed by atoms with Gasteiger partial charge in [0, 0.05) is 11.7 Å². The number of rotatable bonds is 5. The molecule has 0 aliphatic carbocycles. The molecule has 0 aromatic heterocycles. The van der Waals surface area contributed by atoms with Crippen LogP contribution >= 0.6 is 0 Å². The van der Waals surface area contributed by atoms with Crippen LogP contribution in [0.15, 0.2) is 41.2 Å². The molecule has 1 aliphatic heterocycles. The standard InChI is InChI=1S/C14H18N2O5S/c1-10(2)16-22(18,19)12-5-3-11(4-6-12)15-14(17)13-9-20-7-8-21-13/h3-6,9-10,16H,7-8H2,1-2H3,(H,15,17). The van der Waals surface area contributed by atoms with Crippen molar-refractivity contribution in [1.82, 2.24) is 4.72 Å². The average molecular weight is 326 g/mol. The van der Waals surface area contributed by atoms with Gasteiger partial charge >= 0.3 is 0 Å². The molecule has 0 unspecified atom stereocenters. The Morgan fingerprint density at radius 1 is 1.18 bits per heavy atom. The van der Waals surface area contributed by atoms with Crippen LogP contribution in [0.2, 0.25) is 0 Å². The van der Waals surface area contributed by atoms with Crippen molar-refractivity contribution in [3.05, 3.63) is 36.3 Å².